The summed E-state index contributed by atoms with van der Waals surface area (Å²) in [6, 6.07) is 3.65. The molecule has 0 N–H and O–H groups in total. The maximum atomic E-state index is 13.0. The molecule has 2 aromatic rings. The topological polar surface area (TPSA) is 81.4 Å². The lowest BCUT2D eigenvalue weighted by atomic mass is 9.94. The minimum atomic E-state index is -0.0232. The predicted molar refractivity (Wildman–Crippen MR) is 91.5 cm³/mol. The zero-order valence-electron chi connectivity index (χ0n) is 15.0. The van der Waals surface area contributed by atoms with Crippen LogP contribution in [0.4, 0.5) is 0 Å². The van der Waals surface area contributed by atoms with Crippen LogP contribution < -0.4 is 4.74 Å². The van der Waals surface area contributed by atoms with Gasteiger partial charge in [0.25, 0.3) is 5.91 Å². The van der Waals surface area contributed by atoms with Crippen molar-refractivity contribution in [2.45, 2.75) is 40.0 Å². The number of likely N-dealkylation sites (tertiary alicyclic amines) is 1. The highest BCUT2D eigenvalue weighted by molar-refractivity contribution is 5.96. The predicted octanol–water partition coefficient (Wildman–Crippen LogP) is 2.58. The van der Waals surface area contributed by atoms with Gasteiger partial charge in [0.15, 0.2) is 5.82 Å². The van der Waals surface area contributed by atoms with Crippen LogP contribution >= 0.6 is 0 Å². The van der Waals surface area contributed by atoms with Crippen LogP contribution in [0.15, 0.2) is 16.7 Å². The van der Waals surface area contributed by atoms with E-state index in [4.69, 9.17) is 9.26 Å². The van der Waals surface area contributed by atoms with Crippen LogP contribution in [0.2, 0.25) is 0 Å². The maximum absolute atomic E-state index is 13.0. The molecule has 7 nitrogen and oxygen atoms in total. The van der Waals surface area contributed by atoms with Crippen molar-refractivity contribution in [2.75, 3.05) is 19.7 Å². The number of pyridine rings is 1. The van der Waals surface area contributed by atoms with Crippen molar-refractivity contribution in [3.8, 4) is 5.88 Å². The lowest BCUT2D eigenvalue weighted by Gasteiger charge is -2.32. The third kappa shape index (κ3) is 4.15. The van der Waals surface area contributed by atoms with E-state index in [1.165, 1.54) is 0 Å². The molecule has 134 valence electrons. The van der Waals surface area contributed by atoms with Crippen LogP contribution in [0.1, 0.15) is 47.5 Å². The molecule has 0 aromatic carbocycles. The molecule has 0 unspecified atom stereocenters. The molecule has 1 amide bonds. The second kappa shape index (κ2) is 7.63. The molecule has 7 heteroatoms. The van der Waals surface area contributed by atoms with Gasteiger partial charge in [-0.25, -0.2) is 4.98 Å². The molecule has 25 heavy (non-hydrogen) atoms. The molecule has 0 saturated carbocycles. The molecule has 1 fully saturated rings. The Labute approximate surface area is 147 Å². The largest absolute Gasteiger partial charge is 0.477 e. The molecule has 0 radical (unpaired) electrons. The molecule has 1 aliphatic rings. The summed E-state index contributed by atoms with van der Waals surface area (Å²) < 4.78 is 10.6. The first-order valence-corrected chi connectivity index (χ1v) is 8.75. The van der Waals surface area contributed by atoms with E-state index in [1.54, 1.807) is 6.92 Å². The molecule has 1 atom stereocenters. The highest BCUT2D eigenvalue weighted by Crippen LogP contribution is 2.24. The number of ether oxygens (including phenoxy) is 1. The van der Waals surface area contributed by atoms with E-state index in [0.717, 1.165) is 31.5 Å². The maximum Gasteiger partial charge on any atom is 0.259 e. The van der Waals surface area contributed by atoms with Crippen molar-refractivity contribution in [1.82, 2.24) is 20.0 Å². The number of rotatable bonds is 5. The quantitative estimate of drug-likeness (QED) is 0.829. The van der Waals surface area contributed by atoms with Gasteiger partial charge in [0, 0.05) is 32.1 Å². The van der Waals surface area contributed by atoms with E-state index in [1.807, 2.05) is 30.9 Å². The fraction of sp³-hybridized carbons (Fsp3) is 0.556. The first kappa shape index (κ1) is 17.4. The second-order valence-corrected chi connectivity index (χ2v) is 6.43. The van der Waals surface area contributed by atoms with Gasteiger partial charge in [-0.1, -0.05) is 5.16 Å². The van der Waals surface area contributed by atoms with Gasteiger partial charge in [-0.2, -0.15) is 4.98 Å². The van der Waals surface area contributed by atoms with Crippen molar-refractivity contribution >= 4 is 5.91 Å². The second-order valence-electron chi connectivity index (χ2n) is 6.43. The molecule has 3 heterocycles. The molecule has 2 aromatic heterocycles. The summed E-state index contributed by atoms with van der Waals surface area (Å²) in [5, 5.41) is 3.97. The van der Waals surface area contributed by atoms with Gasteiger partial charge in [0.1, 0.15) is 5.56 Å². The Kier molecular flexibility index (Phi) is 5.31. The summed E-state index contributed by atoms with van der Waals surface area (Å²) in [5.41, 5.74) is 1.37. The Bertz CT molecular complexity index is 744. The van der Waals surface area contributed by atoms with Crippen LogP contribution in [0.3, 0.4) is 0 Å². The smallest absolute Gasteiger partial charge is 0.259 e. The van der Waals surface area contributed by atoms with Gasteiger partial charge in [0.2, 0.25) is 11.8 Å². The SMILES string of the molecule is CCOc1nc(C)ccc1C(=O)N1CCC[C@@H](Cc2noc(C)n2)C1. The first-order valence-electron chi connectivity index (χ1n) is 8.75. The van der Waals surface area contributed by atoms with Gasteiger partial charge in [-0.3, -0.25) is 4.79 Å². The van der Waals surface area contributed by atoms with E-state index in [2.05, 4.69) is 15.1 Å². The third-order valence-electron chi connectivity index (χ3n) is 4.36. The van der Waals surface area contributed by atoms with Crippen LogP contribution in [0, 0.1) is 19.8 Å². The lowest BCUT2D eigenvalue weighted by molar-refractivity contribution is 0.0666. The fourth-order valence-corrected chi connectivity index (χ4v) is 3.21. The highest BCUT2D eigenvalue weighted by Gasteiger charge is 2.27. The summed E-state index contributed by atoms with van der Waals surface area (Å²) in [4.78, 5) is 23.5. The number of nitrogens with zero attached hydrogens (tertiary/aromatic N) is 4. The average Bonchev–Trinajstić information content (AvgIpc) is 3.00. The number of hydrogen-bond acceptors (Lipinski definition) is 6. The van der Waals surface area contributed by atoms with E-state index in [0.29, 0.717) is 42.2 Å². The number of carbonyl (C=O) groups excluding carboxylic acids is 1. The highest BCUT2D eigenvalue weighted by atomic mass is 16.5. The van der Waals surface area contributed by atoms with Crippen molar-refractivity contribution in [2.24, 2.45) is 5.92 Å². The summed E-state index contributed by atoms with van der Waals surface area (Å²) in [5.74, 6) is 2.02. The molecule has 1 saturated heterocycles. The van der Waals surface area contributed by atoms with Gasteiger partial charge >= 0.3 is 0 Å². The minimum absolute atomic E-state index is 0.0232. The number of carbonyl (C=O) groups is 1. The summed E-state index contributed by atoms with van der Waals surface area (Å²) in [7, 11) is 0. The third-order valence-corrected chi connectivity index (χ3v) is 4.36. The van der Waals surface area contributed by atoms with Gasteiger partial charge < -0.3 is 14.2 Å². The Morgan fingerprint density at radius 2 is 2.20 bits per heavy atom. The first-order chi connectivity index (χ1) is 12.1. The Balaban J connectivity index is 1.71. The van der Waals surface area contributed by atoms with Crippen molar-refractivity contribution in [3.63, 3.8) is 0 Å². The zero-order chi connectivity index (χ0) is 17.8. The molecule has 0 aliphatic carbocycles. The van der Waals surface area contributed by atoms with Crippen molar-refractivity contribution < 1.29 is 14.1 Å². The molecule has 1 aliphatic heterocycles. The van der Waals surface area contributed by atoms with Crippen LogP contribution in [0.25, 0.3) is 0 Å². The standard InChI is InChI=1S/C18H24N4O3/c1-4-24-17-15(8-7-12(2)19-17)18(23)22-9-5-6-14(11-22)10-16-20-13(3)25-21-16/h7-8,14H,4-6,9-11H2,1-3H3/t14-/m0/s1. The van der Waals surface area contributed by atoms with E-state index >= 15 is 0 Å². The summed E-state index contributed by atoms with van der Waals surface area (Å²) >= 11 is 0. The normalized spacial score (nSPS) is 17.6. The number of amides is 1. The Morgan fingerprint density at radius 1 is 1.36 bits per heavy atom. The molecule has 0 bridgehead atoms. The number of hydrogen-bond donors (Lipinski definition) is 0. The summed E-state index contributed by atoms with van der Waals surface area (Å²) in [6.07, 6.45) is 2.75. The molecule has 3 rings (SSSR count). The van der Waals surface area contributed by atoms with Crippen molar-refractivity contribution in [1.29, 1.82) is 0 Å². The molecular formula is C18H24N4O3. The Hall–Kier alpha value is -2.44. The summed E-state index contributed by atoms with van der Waals surface area (Å²) in [6.45, 7) is 7.48. The van der Waals surface area contributed by atoms with E-state index in [-0.39, 0.29) is 5.91 Å². The van der Waals surface area contributed by atoms with E-state index in [9.17, 15) is 4.79 Å². The fourth-order valence-electron chi connectivity index (χ4n) is 3.21. The monoisotopic (exact) mass is 344 g/mol. The number of piperidine rings is 1. The van der Waals surface area contributed by atoms with Crippen LogP contribution in [0.5, 0.6) is 5.88 Å². The minimum Gasteiger partial charge on any atom is -0.477 e. The van der Waals surface area contributed by atoms with Gasteiger partial charge in [-0.05, 0) is 44.7 Å². The molecule has 0 spiro atoms. The zero-order valence-corrected chi connectivity index (χ0v) is 15.0. The van der Waals surface area contributed by atoms with Gasteiger partial charge in [-0.15, -0.1) is 0 Å². The van der Waals surface area contributed by atoms with Crippen molar-refractivity contribution in [3.05, 3.63) is 35.1 Å². The molecular weight excluding hydrogens is 320 g/mol. The Morgan fingerprint density at radius 3 is 2.92 bits per heavy atom. The van der Waals surface area contributed by atoms with Crippen LogP contribution in [-0.4, -0.2) is 45.6 Å². The lowest BCUT2D eigenvalue weighted by Crippen LogP contribution is -2.40. The van der Waals surface area contributed by atoms with Crippen LogP contribution in [-0.2, 0) is 6.42 Å². The average molecular weight is 344 g/mol. The van der Waals surface area contributed by atoms with E-state index < -0.39 is 0 Å². The number of aromatic nitrogens is 3. The van der Waals surface area contributed by atoms with Gasteiger partial charge in [0.05, 0.1) is 6.61 Å². The number of aryl methyl sites for hydroxylation is 2.